The molecule has 0 spiro atoms. The summed E-state index contributed by atoms with van der Waals surface area (Å²) in [6, 6.07) is 6.73. The molecule has 0 aliphatic heterocycles. The van der Waals surface area contributed by atoms with Crippen molar-refractivity contribution in [3.63, 3.8) is 0 Å². The van der Waals surface area contributed by atoms with Crippen LogP contribution in [-0.2, 0) is 12.0 Å². The third kappa shape index (κ3) is 3.46. The highest BCUT2D eigenvalue weighted by Crippen LogP contribution is 2.28. The zero-order chi connectivity index (χ0) is 15.8. The lowest BCUT2D eigenvalue weighted by molar-refractivity contribution is 0.375. The molecule has 116 valence electrons. The fourth-order valence-corrected chi connectivity index (χ4v) is 2.60. The van der Waals surface area contributed by atoms with Crippen LogP contribution in [0.15, 0.2) is 18.2 Å². The molecule has 0 unspecified atom stereocenters. The lowest BCUT2D eigenvalue weighted by Gasteiger charge is -2.21. The molecule has 1 aromatic heterocycles. The van der Waals surface area contributed by atoms with Crippen molar-refractivity contribution in [3.8, 4) is 0 Å². The molecule has 0 saturated carbocycles. The largest absolute Gasteiger partial charge is 0.326 e. The average molecular weight is 287 g/mol. The zero-order valence-electron chi connectivity index (χ0n) is 14.6. The van der Waals surface area contributed by atoms with Gasteiger partial charge < -0.3 is 9.47 Å². The smallest absolute Gasteiger partial charge is 0.115 e. The van der Waals surface area contributed by atoms with E-state index in [9.17, 15) is 0 Å². The third-order valence-corrected chi connectivity index (χ3v) is 3.88. The maximum absolute atomic E-state index is 4.95. The zero-order valence-corrected chi connectivity index (χ0v) is 14.6. The van der Waals surface area contributed by atoms with E-state index in [4.69, 9.17) is 4.98 Å². The van der Waals surface area contributed by atoms with E-state index in [1.807, 2.05) is 0 Å². The van der Waals surface area contributed by atoms with E-state index in [-0.39, 0.29) is 5.41 Å². The van der Waals surface area contributed by atoms with Gasteiger partial charge in [-0.2, -0.15) is 0 Å². The predicted octanol–water partition coefficient (Wildman–Crippen LogP) is 4.02. The molecule has 0 atom stereocenters. The highest BCUT2D eigenvalue weighted by atomic mass is 15.1. The van der Waals surface area contributed by atoms with Gasteiger partial charge in [0.1, 0.15) is 5.82 Å². The summed E-state index contributed by atoms with van der Waals surface area (Å²) in [6.45, 7) is 13.2. The third-order valence-electron chi connectivity index (χ3n) is 3.88. The van der Waals surface area contributed by atoms with Crippen molar-refractivity contribution in [2.24, 2.45) is 0 Å². The molecule has 0 saturated heterocycles. The minimum absolute atomic E-state index is 0.0589. The summed E-state index contributed by atoms with van der Waals surface area (Å²) in [5.74, 6) is 1.72. The summed E-state index contributed by atoms with van der Waals surface area (Å²) < 4.78 is 2.39. The van der Waals surface area contributed by atoms with Crippen molar-refractivity contribution in [3.05, 3.63) is 29.6 Å². The fraction of sp³-hybridized carbons (Fsp3) is 0.611. The summed E-state index contributed by atoms with van der Waals surface area (Å²) in [7, 11) is 4.24. The van der Waals surface area contributed by atoms with Crippen molar-refractivity contribution < 1.29 is 0 Å². The van der Waals surface area contributed by atoms with Gasteiger partial charge >= 0.3 is 0 Å². The number of aromatic nitrogens is 2. The highest BCUT2D eigenvalue weighted by molar-refractivity contribution is 5.77. The van der Waals surface area contributed by atoms with Gasteiger partial charge in [-0.25, -0.2) is 4.98 Å². The second kappa shape index (κ2) is 5.80. The van der Waals surface area contributed by atoms with Crippen LogP contribution in [0.5, 0.6) is 0 Å². The number of hydrogen-bond donors (Lipinski definition) is 0. The lowest BCUT2D eigenvalue weighted by atomic mass is 9.95. The molecule has 0 radical (unpaired) electrons. The van der Waals surface area contributed by atoms with Crippen LogP contribution < -0.4 is 0 Å². The topological polar surface area (TPSA) is 21.1 Å². The minimum atomic E-state index is 0.0589. The van der Waals surface area contributed by atoms with Gasteiger partial charge in [-0.15, -0.1) is 0 Å². The lowest BCUT2D eigenvalue weighted by Crippen LogP contribution is -2.24. The van der Waals surface area contributed by atoms with Gasteiger partial charge in [0.15, 0.2) is 0 Å². The van der Waals surface area contributed by atoms with E-state index in [0.29, 0.717) is 5.92 Å². The SMILES string of the molecule is CC(C)c1ccc2c(c1)nc(C(C)(C)C)n2CCN(C)C. The van der Waals surface area contributed by atoms with Crippen LogP contribution in [0.1, 0.15) is 51.9 Å². The fourth-order valence-electron chi connectivity index (χ4n) is 2.60. The average Bonchev–Trinajstić information content (AvgIpc) is 2.73. The number of rotatable bonds is 4. The molecular weight excluding hydrogens is 258 g/mol. The second-order valence-corrected chi connectivity index (χ2v) is 7.54. The standard InChI is InChI=1S/C18H29N3/c1-13(2)14-8-9-16-15(12-14)19-17(18(3,4)5)21(16)11-10-20(6)7/h8-9,12-13H,10-11H2,1-7H3. The van der Waals surface area contributed by atoms with E-state index in [1.165, 1.54) is 16.9 Å². The van der Waals surface area contributed by atoms with Crippen molar-refractivity contribution >= 4 is 11.0 Å². The monoisotopic (exact) mass is 287 g/mol. The van der Waals surface area contributed by atoms with Crippen molar-refractivity contribution in [1.29, 1.82) is 0 Å². The van der Waals surface area contributed by atoms with Gasteiger partial charge in [0.05, 0.1) is 11.0 Å². The normalized spacial score (nSPS) is 12.8. The highest BCUT2D eigenvalue weighted by Gasteiger charge is 2.23. The van der Waals surface area contributed by atoms with Gasteiger partial charge in [0, 0.05) is 18.5 Å². The molecule has 0 bridgehead atoms. The van der Waals surface area contributed by atoms with Gasteiger partial charge in [-0.3, -0.25) is 0 Å². The van der Waals surface area contributed by atoms with Crippen LogP contribution in [0.4, 0.5) is 0 Å². The number of fused-ring (bicyclic) bond motifs is 1. The van der Waals surface area contributed by atoms with Crippen LogP contribution in [0.25, 0.3) is 11.0 Å². The van der Waals surface area contributed by atoms with E-state index in [1.54, 1.807) is 0 Å². The Morgan fingerprint density at radius 1 is 1.19 bits per heavy atom. The molecular formula is C18H29N3. The van der Waals surface area contributed by atoms with Crippen LogP contribution in [0.2, 0.25) is 0 Å². The first kappa shape index (κ1) is 16.0. The van der Waals surface area contributed by atoms with Gasteiger partial charge in [0.2, 0.25) is 0 Å². The maximum Gasteiger partial charge on any atom is 0.115 e. The predicted molar refractivity (Wildman–Crippen MR) is 91.1 cm³/mol. The van der Waals surface area contributed by atoms with Crippen molar-refractivity contribution in [1.82, 2.24) is 14.5 Å². The van der Waals surface area contributed by atoms with E-state index >= 15 is 0 Å². The molecule has 3 heteroatoms. The van der Waals surface area contributed by atoms with Crippen molar-refractivity contribution in [2.45, 2.75) is 52.5 Å². The number of benzene rings is 1. The molecule has 0 amide bonds. The summed E-state index contributed by atoms with van der Waals surface area (Å²) in [4.78, 5) is 7.17. The Morgan fingerprint density at radius 2 is 1.86 bits per heavy atom. The Bertz CT molecular complexity index is 615. The van der Waals surface area contributed by atoms with Crippen LogP contribution in [0.3, 0.4) is 0 Å². The molecule has 1 aromatic carbocycles. The minimum Gasteiger partial charge on any atom is -0.326 e. The molecule has 3 nitrogen and oxygen atoms in total. The van der Waals surface area contributed by atoms with Crippen LogP contribution in [0, 0.1) is 0 Å². The van der Waals surface area contributed by atoms with Crippen LogP contribution >= 0.6 is 0 Å². The van der Waals surface area contributed by atoms with Gasteiger partial charge in [-0.1, -0.05) is 40.7 Å². The molecule has 0 aliphatic rings. The first-order valence-corrected chi connectivity index (χ1v) is 7.85. The Hall–Kier alpha value is -1.35. The van der Waals surface area contributed by atoms with E-state index in [0.717, 1.165) is 18.6 Å². The van der Waals surface area contributed by atoms with E-state index in [2.05, 4.69) is 76.4 Å². The number of nitrogens with zero attached hydrogens (tertiary/aromatic N) is 3. The van der Waals surface area contributed by atoms with Crippen LogP contribution in [-0.4, -0.2) is 35.1 Å². The molecule has 0 N–H and O–H groups in total. The Labute approximate surface area is 129 Å². The Kier molecular flexibility index (Phi) is 4.43. The van der Waals surface area contributed by atoms with Crippen molar-refractivity contribution in [2.75, 3.05) is 20.6 Å². The summed E-state index contributed by atoms with van der Waals surface area (Å²) in [6.07, 6.45) is 0. The second-order valence-electron chi connectivity index (χ2n) is 7.54. The first-order chi connectivity index (χ1) is 9.70. The number of likely N-dealkylation sites (N-methyl/N-ethyl adjacent to an activating group) is 1. The maximum atomic E-state index is 4.95. The summed E-state index contributed by atoms with van der Waals surface area (Å²) in [5, 5.41) is 0. The van der Waals surface area contributed by atoms with Gasteiger partial charge in [-0.05, 0) is 37.7 Å². The Balaban J connectivity index is 2.55. The molecule has 21 heavy (non-hydrogen) atoms. The summed E-state index contributed by atoms with van der Waals surface area (Å²) in [5.41, 5.74) is 3.81. The van der Waals surface area contributed by atoms with Gasteiger partial charge in [0.25, 0.3) is 0 Å². The van der Waals surface area contributed by atoms with E-state index < -0.39 is 0 Å². The quantitative estimate of drug-likeness (QED) is 0.847. The first-order valence-electron chi connectivity index (χ1n) is 7.85. The molecule has 1 heterocycles. The molecule has 0 fully saturated rings. The summed E-state index contributed by atoms with van der Waals surface area (Å²) >= 11 is 0. The molecule has 2 rings (SSSR count). The molecule has 0 aliphatic carbocycles. The Morgan fingerprint density at radius 3 is 2.38 bits per heavy atom. The number of hydrogen-bond acceptors (Lipinski definition) is 2. The molecule has 2 aromatic rings. The number of imidazole rings is 1.